The topological polar surface area (TPSA) is 190 Å². The van der Waals surface area contributed by atoms with Crippen molar-refractivity contribution in [2.75, 3.05) is 7.11 Å². The molecule has 4 fully saturated rings. The van der Waals surface area contributed by atoms with E-state index in [1.807, 2.05) is 91.0 Å². The standard InChI is InChI=1S/C25H24O5.C18H20O4.CH4O.CH4.K.H2O/c26-19(12-11-17-7-3-1-4-8-17)13-14-20-21-15-24(27)29-23(21)16-22(20)30-25(28)18-9-5-2-6-10-18;19-13(7-6-12-4-2-1-3-5-12)8-9-14-15-10-18(21)22-17(15)11-16(14)20;1-2;;;/h1-14,19-23,26H,15-16H2;1-9,13-17,19-20H,10-11H2;2H,1H3;1H4;;1H2/q;;;;+1;/p-1/b12-11+,14-13+;7-6+,9-8+;;;;/t19-,20+,21+,22+,23-;13-,14+,15+,16+,17-;;;;/m00..../s1. The average molecular weight is 809 g/mol. The van der Waals surface area contributed by atoms with Crippen molar-refractivity contribution in [2.24, 2.45) is 23.7 Å². The van der Waals surface area contributed by atoms with Gasteiger partial charge in [-0.3, -0.25) is 9.59 Å². The van der Waals surface area contributed by atoms with Gasteiger partial charge in [-0.2, -0.15) is 0 Å². The zero-order valence-electron chi connectivity index (χ0n) is 31.6. The van der Waals surface area contributed by atoms with Gasteiger partial charge in [0.05, 0.1) is 36.7 Å². The minimum absolute atomic E-state index is 0. The molecule has 0 bridgehead atoms. The second-order valence-electron chi connectivity index (χ2n) is 13.6. The molecule has 12 heteroatoms. The maximum atomic E-state index is 12.5. The molecular weight excluding hydrogens is 756 g/mol. The summed E-state index contributed by atoms with van der Waals surface area (Å²) in [6.45, 7) is 0. The molecule has 7 rings (SSSR count). The van der Waals surface area contributed by atoms with E-state index in [0.29, 0.717) is 31.2 Å². The third kappa shape index (κ3) is 14.4. The molecule has 10 atom stereocenters. The predicted octanol–water partition coefficient (Wildman–Crippen LogP) is 2.80. The quantitative estimate of drug-likeness (QED) is 0.102. The maximum absolute atomic E-state index is 12.5. The van der Waals surface area contributed by atoms with Gasteiger partial charge in [-0.1, -0.05) is 135 Å². The molecule has 0 aromatic heterocycles. The summed E-state index contributed by atoms with van der Waals surface area (Å²) in [6, 6.07) is 28.3. The third-order valence-electron chi connectivity index (χ3n) is 10.0. The van der Waals surface area contributed by atoms with Gasteiger partial charge in [0.2, 0.25) is 0 Å². The molecule has 57 heavy (non-hydrogen) atoms. The first-order chi connectivity index (χ1) is 26.2. The van der Waals surface area contributed by atoms with Gasteiger partial charge in [-0.15, -0.1) is 0 Å². The molecule has 3 aromatic carbocycles. The van der Waals surface area contributed by atoms with Crippen molar-refractivity contribution in [3.8, 4) is 0 Å². The number of hydrogen-bond donors (Lipinski definition) is 4. The van der Waals surface area contributed by atoms with Crippen LogP contribution in [0.15, 0.2) is 127 Å². The van der Waals surface area contributed by atoms with E-state index in [2.05, 4.69) is 0 Å². The molecule has 2 heterocycles. The zero-order chi connectivity index (χ0) is 38.5. The van der Waals surface area contributed by atoms with Crippen molar-refractivity contribution in [3.63, 3.8) is 0 Å². The SMILES string of the molecule is C.CO.O=C1C[C@@H]2[C@@H](/C=C/[C@@H](O)/C=C/c3ccccc3)[C@H](O)C[C@@H]2O1.O=C1C[C@@H]2[C@@H](/C=C/[C@@H](O)/C=C/c3ccccc3)[C@H](OC(=O)c3ccccc3)C[C@@H]2O1.[K+].[OH-]. The Morgan fingerprint density at radius 2 is 1.11 bits per heavy atom. The molecular formula is C45H53KO11. The van der Waals surface area contributed by atoms with Crippen molar-refractivity contribution < 1.29 is 106 Å². The van der Waals surface area contributed by atoms with Crippen LogP contribution in [-0.2, 0) is 23.8 Å². The van der Waals surface area contributed by atoms with Crippen molar-refractivity contribution in [2.45, 2.75) is 69.7 Å². The molecule has 3 aromatic rings. The van der Waals surface area contributed by atoms with Gasteiger partial charge in [0.1, 0.15) is 18.3 Å². The second-order valence-corrected chi connectivity index (χ2v) is 13.6. The Balaban J connectivity index is 0.000000372. The first kappa shape index (κ1) is 49.6. The summed E-state index contributed by atoms with van der Waals surface area (Å²) >= 11 is 0. The minimum atomic E-state index is -0.784. The molecule has 0 amide bonds. The summed E-state index contributed by atoms with van der Waals surface area (Å²) < 4.78 is 16.4. The van der Waals surface area contributed by atoms with Crippen LogP contribution in [0.25, 0.3) is 12.2 Å². The number of aliphatic hydroxyl groups excluding tert-OH is 4. The molecule has 4 aliphatic rings. The molecule has 2 aliphatic carbocycles. The van der Waals surface area contributed by atoms with Gasteiger partial charge in [0.15, 0.2) is 0 Å². The Morgan fingerprint density at radius 3 is 1.60 bits per heavy atom. The van der Waals surface area contributed by atoms with Crippen molar-refractivity contribution in [1.82, 2.24) is 0 Å². The molecule has 2 aliphatic heterocycles. The molecule has 0 unspecified atom stereocenters. The minimum Gasteiger partial charge on any atom is -0.870 e. The van der Waals surface area contributed by atoms with Crippen LogP contribution in [0.2, 0.25) is 0 Å². The smallest absolute Gasteiger partial charge is 0.870 e. The summed E-state index contributed by atoms with van der Waals surface area (Å²) in [4.78, 5) is 35.6. The van der Waals surface area contributed by atoms with E-state index < -0.39 is 30.4 Å². The van der Waals surface area contributed by atoms with Crippen LogP contribution in [0.1, 0.15) is 54.6 Å². The Labute approximate surface area is 377 Å². The van der Waals surface area contributed by atoms with E-state index in [0.717, 1.165) is 18.2 Å². The molecule has 0 radical (unpaired) electrons. The van der Waals surface area contributed by atoms with Crippen LogP contribution < -0.4 is 51.4 Å². The summed E-state index contributed by atoms with van der Waals surface area (Å²) in [6.07, 6.45) is 12.9. The largest absolute Gasteiger partial charge is 1.00 e. The monoisotopic (exact) mass is 808 g/mol. The van der Waals surface area contributed by atoms with Crippen LogP contribution in [0, 0.1) is 23.7 Å². The maximum Gasteiger partial charge on any atom is 1.00 e. The Kier molecular flexibility index (Phi) is 21.8. The molecule has 300 valence electrons. The number of fused-ring (bicyclic) bond motifs is 2. The first-order valence-electron chi connectivity index (χ1n) is 18.2. The Bertz CT molecular complexity index is 1780. The third-order valence-corrected chi connectivity index (χ3v) is 10.0. The number of benzene rings is 3. The Hall–Kier alpha value is -3.53. The van der Waals surface area contributed by atoms with Crippen LogP contribution in [0.3, 0.4) is 0 Å². The van der Waals surface area contributed by atoms with Gasteiger partial charge in [-0.25, -0.2) is 4.79 Å². The van der Waals surface area contributed by atoms with E-state index in [9.17, 15) is 29.7 Å². The number of rotatable bonds is 10. The fraction of sp³-hybridized carbons (Fsp3) is 0.356. The van der Waals surface area contributed by atoms with Crippen molar-refractivity contribution in [1.29, 1.82) is 0 Å². The van der Waals surface area contributed by atoms with Gasteiger partial charge < -0.3 is 40.1 Å². The van der Waals surface area contributed by atoms with E-state index >= 15 is 0 Å². The summed E-state index contributed by atoms with van der Waals surface area (Å²) in [7, 11) is 1.00. The van der Waals surface area contributed by atoms with Gasteiger partial charge in [-0.05, 0) is 23.3 Å². The number of carbonyl (C=O) groups excluding carboxylic acids is 3. The van der Waals surface area contributed by atoms with Gasteiger partial charge in [0.25, 0.3) is 0 Å². The fourth-order valence-corrected chi connectivity index (χ4v) is 7.42. The summed E-state index contributed by atoms with van der Waals surface area (Å²) in [5.74, 6) is -1.14. The fourth-order valence-electron chi connectivity index (χ4n) is 7.42. The second kappa shape index (κ2) is 25.1. The molecule has 11 nitrogen and oxygen atoms in total. The molecule has 2 saturated heterocycles. The van der Waals surface area contributed by atoms with Crippen LogP contribution in [-0.4, -0.2) is 87.5 Å². The first-order valence-corrected chi connectivity index (χ1v) is 18.2. The summed E-state index contributed by atoms with van der Waals surface area (Å²) in [5.41, 5.74) is 2.50. The normalized spacial score (nSPS) is 26.7. The Morgan fingerprint density at radius 1 is 0.684 bits per heavy atom. The van der Waals surface area contributed by atoms with Gasteiger partial charge in [0, 0.05) is 43.6 Å². The summed E-state index contributed by atoms with van der Waals surface area (Å²) in [5, 5.41) is 37.4. The van der Waals surface area contributed by atoms with Crippen molar-refractivity contribution >= 4 is 30.1 Å². The predicted molar refractivity (Wildman–Crippen MR) is 212 cm³/mol. The van der Waals surface area contributed by atoms with E-state index in [1.165, 1.54) is 0 Å². The number of hydrogen-bond acceptors (Lipinski definition) is 11. The molecule has 2 saturated carbocycles. The number of carbonyl (C=O) groups is 3. The molecule has 5 N–H and O–H groups in total. The van der Waals surface area contributed by atoms with Crippen LogP contribution in [0.4, 0.5) is 0 Å². The van der Waals surface area contributed by atoms with E-state index in [4.69, 9.17) is 19.3 Å². The van der Waals surface area contributed by atoms with Crippen molar-refractivity contribution in [3.05, 3.63) is 144 Å². The van der Waals surface area contributed by atoms with Gasteiger partial charge >= 0.3 is 69.3 Å². The molecule has 0 spiro atoms. The van der Waals surface area contributed by atoms with Crippen LogP contribution in [0.5, 0.6) is 0 Å². The average Bonchev–Trinajstić information content (AvgIpc) is 3.91. The number of aliphatic hydroxyl groups is 4. The van der Waals surface area contributed by atoms with Crippen LogP contribution >= 0.6 is 0 Å². The number of esters is 3. The van der Waals surface area contributed by atoms with E-state index in [1.54, 1.807) is 48.6 Å². The zero-order valence-corrected chi connectivity index (χ0v) is 34.7. The number of ether oxygens (including phenoxy) is 3. The van der Waals surface area contributed by atoms with E-state index in [-0.39, 0.29) is 112 Å².